The number of unbranched alkanes of at least 4 members (excludes halogenated alkanes) is 1. The first-order valence-corrected chi connectivity index (χ1v) is 10.6. The Kier molecular flexibility index (Phi) is 8.19. The predicted octanol–water partition coefficient (Wildman–Crippen LogP) is 7.32. The third-order valence-corrected chi connectivity index (χ3v) is 4.64. The lowest BCUT2D eigenvalue weighted by molar-refractivity contribution is -0.274. The standard InChI is InChI=1S/C26H23F3O5/c1-2-3-15-32-22-5-4-6-23(17-22)33-24-16-20(8-7-19(24)11-14-25(30)31)18-9-12-21(13-10-18)34-26(27,28)29/h4-14,16-17H,2-3,15H2,1H3,(H,30,31). The Bertz CT molecular complexity index is 1140. The summed E-state index contributed by atoms with van der Waals surface area (Å²) in [5.74, 6) is 0.0709. The largest absolute Gasteiger partial charge is 0.573 e. The number of carbonyl (C=O) groups is 1. The molecule has 3 aromatic rings. The van der Waals surface area contributed by atoms with Crippen molar-refractivity contribution in [1.82, 2.24) is 0 Å². The van der Waals surface area contributed by atoms with Gasteiger partial charge in [-0.3, -0.25) is 0 Å². The first kappa shape index (κ1) is 24.7. The maximum Gasteiger partial charge on any atom is 0.573 e. The van der Waals surface area contributed by atoms with E-state index in [0.29, 0.717) is 40.5 Å². The van der Waals surface area contributed by atoms with Gasteiger partial charge in [-0.25, -0.2) is 4.79 Å². The fourth-order valence-electron chi connectivity index (χ4n) is 3.04. The van der Waals surface area contributed by atoms with Crippen LogP contribution in [0.4, 0.5) is 13.2 Å². The summed E-state index contributed by atoms with van der Waals surface area (Å²) in [5, 5.41) is 9.00. The molecule has 0 bridgehead atoms. The topological polar surface area (TPSA) is 65.0 Å². The number of rotatable bonds is 10. The summed E-state index contributed by atoms with van der Waals surface area (Å²) in [6, 6.07) is 17.6. The second-order valence-corrected chi connectivity index (χ2v) is 7.28. The Labute approximate surface area is 195 Å². The lowest BCUT2D eigenvalue weighted by atomic mass is 10.0. The van der Waals surface area contributed by atoms with Gasteiger partial charge in [-0.1, -0.05) is 43.7 Å². The van der Waals surface area contributed by atoms with Gasteiger partial charge in [0.2, 0.25) is 0 Å². The van der Waals surface area contributed by atoms with Gasteiger partial charge >= 0.3 is 12.3 Å². The smallest absolute Gasteiger partial charge is 0.493 e. The minimum absolute atomic E-state index is 0.325. The number of benzene rings is 3. The molecule has 0 aliphatic rings. The molecule has 1 N–H and O–H groups in total. The van der Waals surface area contributed by atoms with E-state index in [0.717, 1.165) is 18.9 Å². The Morgan fingerprint density at radius 3 is 2.32 bits per heavy atom. The second kappa shape index (κ2) is 11.3. The molecule has 0 aromatic heterocycles. The Morgan fingerprint density at radius 2 is 1.65 bits per heavy atom. The minimum Gasteiger partial charge on any atom is -0.493 e. The molecule has 0 spiro atoms. The molecule has 0 atom stereocenters. The Balaban J connectivity index is 1.89. The highest BCUT2D eigenvalue weighted by atomic mass is 19.4. The van der Waals surface area contributed by atoms with E-state index in [1.165, 1.54) is 30.3 Å². The molecule has 8 heteroatoms. The maximum atomic E-state index is 12.4. The molecule has 34 heavy (non-hydrogen) atoms. The number of halogens is 3. The molecule has 0 amide bonds. The first-order valence-electron chi connectivity index (χ1n) is 10.6. The van der Waals surface area contributed by atoms with Crippen molar-refractivity contribution in [3.63, 3.8) is 0 Å². The number of carboxylic acid groups (broad SMARTS) is 1. The van der Waals surface area contributed by atoms with Crippen molar-refractivity contribution in [1.29, 1.82) is 0 Å². The molecule has 0 radical (unpaired) electrons. The van der Waals surface area contributed by atoms with Crippen LogP contribution in [0.2, 0.25) is 0 Å². The average Bonchev–Trinajstić information content (AvgIpc) is 2.78. The van der Waals surface area contributed by atoms with Crippen LogP contribution in [0.3, 0.4) is 0 Å². The number of alkyl halides is 3. The van der Waals surface area contributed by atoms with Gasteiger partial charge in [-0.15, -0.1) is 13.2 Å². The van der Waals surface area contributed by atoms with Crippen molar-refractivity contribution in [3.05, 3.63) is 78.4 Å². The fraction of sp³-hybridized carbons (Fsp3) is 0.192. The number of carboxylic acids is 1. The molecular formula is C26H23F3O5. The summed E-state index contributed by atoms with van der Waals surface area (Å²) in [7, 11) is 0. The van der Waals surface area contributed by atoms with Crippen LogP contribution in [0, 0.1) is 0 Å². The molecule has 0 saturated heterocycles. The van der Waals surface area contributed by atoms with Gasteiger partial charge < -0.3 is 19.3 Å². The van der Waals surface area contributed by atoms with Crippen LogP contribution in [-0.4, -0.2) is 24.0 Å². The zero-order valence-electron chi connectivity index (χ0n) is 18.3. The Morgan fingerprint density at radius 1 is 0.941 bits per heavy atom. The van der Waals surface area contributed by atoms with Gasteiger partial charge in [-0.05, 0) is 54.0 Å². The normalized spacial score (nSPS) is 11.4. The number of hydrogen-bond acceptors (Lipinski definition) is 4. The minimum atomic E-state index is -4.77. The fourth-order valence-corrected chi connectivity index (χ4v) is 3.04. The van der Waals surface area contributed by atoms with Gasteiger partial charge in [0.05, 0.1) is 6.61 Å². The molecule has 0 unspecified atom stereocenters. The van der Waals surface area contributed by atoms with Crippen molar-refractivity contribution < 1.29 is 37.3 Å². The van der Waals surface area contributed by atoms with Crippen LogP contribution in [0.5, 0.6) is 23.0 Å². The number of ether oxygens (including phenoxy) is 3. The van der Waals surface area contributed by atoms with Crippen molar-refractivity contribution in [3.8, 4) is 34.1 Å². The van der Waals surface area contributed by atoms with E-state index in [2.05, 4.69) is 11.7 Å². The SMILES string of the molecule is CCCCOc1cccc(Oc2cc(-c3ccc(OC(F)(F)F)cc3)ccc2C=CC(=O)O)c1. The van der Waals surface area contributed by atoms with E-state index < -0.39 is 12.3 Å². The van der Waals surface area contributed by atoms with Crippen molar-refractivity contribution >= 4 is 12.0 Å². The third kappa shape index (κ3) is 7.58. The summed E-state index contributed by atoms with van der Waals surface area (Å²) in [6.45, 7) is 2.65. The van der Waals surface area contributed by atoms with E-state index >= 15 is 0 Å². The van der Waals surface area contributed by atoms with Crippen LogP contribution in [-0.2, 0) is 4.79 Å². The quantitative estimate of drug-likeness (QED) is 0.247. The average molecular weight is 472 g/mol. The van der Waals surface area contributed by atoms with Crippen LogP contribution < -0.4 is 14.2 Å². The van der Waals surface area contributed by atoms with Crippen LogP contribution in [0.1, 0.15) is 25.3 Å². The Hall–Kier alpha value is -3.94. The summed E-state index contributed by atoms with van der Waals surface area (Å²) < 4.78 is 52.9. The van der Waals surface area contributed by atoms with E-state index in [-0.39, 0.29) is 5.75 Å². The zero-order valence-corrected chi connectivity index (χ0v) is 18.3. The van der Waals surface area contributed by atoms with E-state index in [9.17, 15) is 18.0 Å². The van der Waals surface area contributed by atoms with E-state index in [1.807, 2.05) is 6.07 Å². The van der Waals surface area contributed by atoms with Crippen LogP contribution >= 0.6 is 0 Å². The maximum absolute atomic E-state index is 12.4. The summed E-state index contributed by atoms with van der Waals surface area (Å²) in [5.41, 5.74) is 1.81. The predicted molar refractivity (Wildman–Crippen MR) is 122 cm³/mol. The molecule has 0 aliphatic carbocycles. The monoisotopic (exact) mass is 472 g/mol. The van der Waals surface area contributed by atoms with Crippen molar-refractivity contribution in [2.24, 2.45) is 0 Å². The number of aliphatic carboxylic acids is 1. The van der Waals surface area contributed by atoms with Crippen LogP contribution in [0.25, 0.3) is 17.2 Å². The van der Waals surface area contributed by atoms with E-state index in [1.54, 1.807) is 36.4 Å². The third-order valence-electron chi connectivity index (χ3n) is 4.64. The van der Waals surface area contributed by atoms with Gasteiger partial charge in [0.1, 0.15) is 23.0 Å². The molecule has 5 nitrogen and oxygen atoms in total. The zero-order chi connectivity index (χ0) is 24.6. The molecule has 0 aliphatic heterocycles. The first-order chi connectivity index (χ1) is 16.2. The summed E-state index contributed by atoms with van der Waals surface area (Å²) >= 11 is 0. The molecule has 0 saturated carbocycles. The summed E-state index contributed by atoms with van der Waals surface area (Å²) in [6.07, 6.45) is -0.441. The second-order valence-electron chi connectivity index (χ2n) is 7.28. The van der Waals surface area contributed by atoms with E-state index in [4.69, 9.17) is 14.6 Å². The van der Waals surface area contributed by atoms with Gasteiger partial charge in [0, 0.05) is 17.7 Å². The molecule has 0 heterocycles. The van der Waals surface area contributed by atoms with Crippen LogP contribution in [0.15, 0.2) is 72.8 Å². The highest BCUT2D eigenvalue weighted by molar-refractivity contribution is 5.86. The highest BCUT2D eigenvalue weighted by Gasteiger charge is 2.30. The highest BCUT2D eigenvalue weighted by Crippen LogP contribution is 2.34. The molecule has 3 rings (SSSR count). The molecular weight excluding hydrogens is 449 g/mol. The lowest BCUT2D eigenvalue weighted by Crippen LogP contribution is -2.16. The van der Waals surface area contributed by atoms with Crippen molar-refractivity contribution in [2.45, 2.75) is 26.1 Å². The molecule has 3 aromatic carbocycles. The molecule has 0 fully saturated rings. The summed E-state index contributed by atoms with van der Waals surface area (Å²) in [4.78, 5) is 11.0. The molecule has 178 valence electrons. The number of hydrogen-bond donors (Lipinski definition) is 1. The lowest BCUT2D eigenvalue weighted by Gasteiger charge is -2.13. The van der Waals surface area contributed by atoms with Gasteiger partial charge in [0.25, 0.3) is 0 Å². The van der Waals surface area contributed by atoms with Gasteiger partial charge in [-0.2, -0.15) is 0 Å². The van der Waals surface area contributed by atoms with Crippen molar-refractivity contribution in [2.75, 3.05) is 6.61 Å². The van der Waals surface area contributed by atoms with Gasteiger partial charge in [0.15, 0.2) is 0 Å².